The molecule has 0 radical (unpaired) electrons. The number of halogens is 1. The van der Waals surface area contributed by atoms with E-state index in [1.807, 2.05) is 0 Å². The second-order valence-corrected chi connectivity index (χ2v) is 5.15. The van der Waals surface area contributed by atoms with Gasteiger partial charge in [0.1, 0.15) is 12.4 Å². The molecule has 0 aliphatic carbocycles. The van der Waals surface area contributed by atoms with E-state index in [4.69, 9.17) is 16.7 Å². The highest BCUT2D eigenvalue weighted by molar-refractivity contribution is 6.36. The van der Waals surface area contributed by atoms with Crippen molar-refractivity contribution in [3.8, 4) is 0 Å². The first-order chi connectivity index (χ1) is 11.0. The molecule has 1 unspecified atom stereocenters. The van der Waals surface area contributed by atoms with E-state index in [9.17, 15) is 14.9 Å². The fourth-order valence-electron chi connectivity index (χ4n) is 2.05. The zero-order valence-corrected chi connectivity index (χ0v) is 12.7. The van der Waals surface area contributed by atoms with Gasteiger partial charge in [0.25, 0.3) is 11.6 Å². The Kier molecular flexibility index (Phi) is 5.15. The maximum absolute atomic E-state index is 12.3. The van der Waals surface area contributed by atoms with Gasteiger partial charge >= 0.3 is 0 Å². The van der Waals surface area contributed by atoms with Crippen LogP contribution < -0.4 is 10.6 Å². The van der Waals surface area contributed by atoms with Gasteiger partial charge in [0, 0.05) is 11.6 Å². The lowest BCUT2D eigenvalue weighted by Crippen LogP contribution is -2.46. The van der Waals surface area contributed by atoms with Gasteiger partial charge in [-0.2, -0.15) is 0 Å². The van der Waals surface area contributed by atoms with Gasteiger partial charge in [-0.1, -0.05) is 54.1 Å². The summed E-state index contributed by atoms with van der Waals surface area (Å²) in [6.07, 6.45) is 0. The van der Waals surface area contributed by atoms with Gasteiger partial charge in [0.05, 0.1) is 4.92 Å². The van der Waals surface area contributed by atoms with E-state index >= 15 is 0 Å². The maximum Gasteiger partial charge on any atom is 0.292 e. The number of alkyl halides is 1. The number of amides is 1. The highest BCUT2D eigenvalue weighted by Gasteiger charge is 2.39. The Morgan fingerprint density at radius 3 is 2.39 bits per heavy atom. The monoisotopic (exact) mass is 335 g/mol. The van der Waals surface area contributed by atoms with Crippen LogP contribution in [-0.2, 0) is 9.79 Å². The van der Waals surface area contributed by atoms with E-state index in [-0.39, 0.29) is 11.4 Å². The summed E-state index contributed by atoms with van der Waals surface area (Å²) in [5.41, 5.74) is 0.250. The average Bonchev–Trinajstić information content (AvgIpc) is 2.56. The van der Waals surface area contributed by atoms with Crippen molar-refractivity contribution in [2.75, 3.05) is 12.0 Å². The molecule has 0 aliphatic rings. The third-order valence-electron chi connectivity index (χ3n) is 3.13. The van der Waals surface area contributed by atoms with Crippen LogP contribution in [0.2, 0.25) is 0 Å². The second-order valence-electron chi connectivity index (χ2n) is 4.59. The van der Waals surface area contributed by atoms with Gasteiger partial charge in [-0.15, -0.1) is 0 Å². The van der Waals surface area contributed by atoms with Crippen molar-refractivity contribution in [2.24, 2.45) is 0 Å². The quantitative estimate of drug-likeness (QED) is 0.247. The van der Waals surface area contributed by atoms with Gasteiger partial charge in [-0.25, -0.2) is 0 Å². The highest BCUT2D eigenvalue weighted by Crippen LogP contribution is 2.34. The van der Waals surface area contributed by atoms with Crippen LogP contribution in [-0.4, -0.2) is 22.7 Å². The molecule has 0 saturated carbocycles. The van der Waals surface area contributed by atoms with Crippen molar-refractivity contribution < 1.29 is 14.8 Å². The molecule has 1 atom stereocenters. The van der Waals surface area contributed by atoms with Crippen molar-refractivity contribution in [2.45, 2.75) is 5.00 Å². The van der Waals surface area contributed by atoms with Gasteiger partial charge < -0.3 is 15.7 Å². The predicted octanol–water partition coefficient (Wildman–Crippen LogP) is 2.16. The van der Waals surface area contributed by atoms with Gasteiger partial charge in [-0.3, -0.25) is 14.9 Å². The van der Waals surface area contributed by atoms with Gasteiger partial charge in [0.2, 0.25) is 5.00 Å². The molecule has 0 aromatic heterocycles. The molecule has 0 bridgehead atoms. The Morgan fingerprint density at radius 1 is 1.17 bits per heavy atom. The Balaban J connectivity index is 2.48. The number of aliphatic hydroxyl groups is 1. The van der Waals surface area contributed by atoms with Gasteiger partial charge in [-0.05, 0) is 6.07 Å². The fourth-order valence-corrected chi connectivity index (χ4v) is 2.34. The number of nitro benzene ring substituents is 1. The van der Waals surface area contributed by atoms with Crippen LogP contribution in [0.1, 0.15) is 5.56 Å². The second kappa shape index (κ2) is 7.08. The molecule has 2 aromatic rings. The Labute approximate surface area is 137 Å². The van der Waals surface area contributed by atoms with Crippen molar-refractivity contribution >= 4 is 28.9 Å². The van der Waals surface area contributed by atoms with Crippen LogP contribution in [0.3, 0.4) is 0 Å². The van der Waals surface area contributed by atoms with Crippen LogP contribution in [0.4, 0.5) is 11.4 Å². The summed E-state index contributed by atoms with van der Waals surface area (Å²) in [7, 11) is 0. The summed E-state index contributed by atoms with van der Waals surface area (Å²) >= 11 is 6.45. The molecule has 0 saturated heterocycles. The van der Waals surface area contributed by atoms with E-state index in [1.54, 1.807) is 36.4 Å². The molecule has 0 fully saturated rings. The number of nitrogens with one attached hydrogen (secondary N) is 2. The molecular formula is C15H14ClN3O4. The van der Waals surface area contributed by atoms with Crippen molar-refractivity contribution in [3.63, 3.8) is 0 Å². The summed E-state index contributed by atoms with van der Waals surface area (Å²) in [5.74, 6) is -0.731. The lowest BCUT2D eigenvalue weighted by molar-refractivity contribution is -0.384. The lowest BCUT2D eigenvalue weighted by Gasteiger charge is -2.28. The topological polar surface area (TPSA) is 104 Å². The first-order valence-corrected chi connectivity index (χ1v) is 7.02. The molecule has 2 aromatic carbocycles. The van der Waals surface area contributed by atoms with Crippen molar-refractivity contribution in [1.82, 2.24) is 5.32 Å². The minimum atomic E-state index is -1.81. The summed E-state index contributed by atoms with van der Waals surface area (Å²) in [4.78, 5) is 21.1. The molecule has 8 heteroatoms. The van der Waals surface area contributed by atoms with Crippen LogP contribution in [0.25, 0.3) is 0 Å². The molecule has 1 amide bonds. The fraction of sp³-hybridized carbons (Fsp3) is 0.133. The standard InChI is InChI=1S/C15H14ClN3O4/c16-15(14(21)17-10-20,11-6-2-1-3-7-11)18-12-8-4-5-9-13(12)19(22)23/h1-9,18,20H,10H2,(H,17,21). The highest BCUT2D eigenvalue weighted by atomic mass is 35.5. The Hall–Kier alpha value is -2.64. The first kappa shape index (κ1) is 16.7. The number of anilines is 1. The van der Waals surface area contributed by atoms with E-state index < -0.39 is 22.6 Å². The van der Waals surface area contributed by atoms with Crippen LogP contribution in [0, 0.1) is 10.1 Å². The number of nitro groups is 1. The van der Waals surface area contributed by atoms with E-state index in [2.05, 4.69) is 10.6 Å². The molecular weight excluding hydrogens is 322 g/mol. The number of carbonyl (C=O) groups is 1. The molecule has 0 aliphatic heterocycles. The van der Waals surface area contributed by atoms with Gasteiger partial charge in [0.15, 0.2) is 0 Å². The van der Waals surface area contributed by atoms with Crippen molar-refractivity contribution in [1.29, 1.82) is 0 Å². The number of aliphatic hydroxyl groups excluding tert-OH is 1. The number of rotatable bonds is 6. The number of carbonyl (C=O) groups excluding carboxylic acids is 1. The summed E-state index contributed by atoms with van der Waals surface area (Å²) in [6.45, 7) is -0.612. The summed E-state index contributed by atoms with van der Waals surface area (Å²) in [6, 6.07) is 14.2. The van der Waals surface area contributed by atoms with E-state index in [0.717, 1.165) is 0 Å². The Morgan fingerprint density at radius 2 is 1.78 bits per heavy atom. The third-order valence-corrected chi connectivity index (χ3v) is 3.62. The molecule has 2 rings (SSSR count). The molecule has 23 heavy (non-hydrogen) atoms. The number of para-hydroxylation sites is 2. The zero-order valence-electron chi connectivity index (χ0n) is 11.9. The minimum Gasteiger partial charge on any atom is -0.376 e. The minimum absolute atomic E-state index is 0.0874. The average molecular weight is 336 g/mol. The largest absolute Gasteiger partial charge is 0.376 e. The molecule has 3 N–H and O–H groups in total. The smallest absolute Gasteiger partial charge is 0.292 e. The number of benzene rings is 2. The van der Waals surface area contributed by atoms with Crippen LogP contribution in [0.5, 0.6) is 0 Å². The normalized spacial score (nSPS) is 13.0. The van der Waals surface area contributed by atoms with E-state index in [1.165, 1.54) is 18.2 Å². The predicted molar refractivity (Wildman–Crippen MR) is 85.9 cm³/mol. The molecule has 7 nitrogen and oxygen atoms in total. The zero-order chi connectivity index (χ0) is 16.9. The molecule has 120 valence electrons. The third kappa shape index (κ3) is 3.58. The van der Waals surface area contributed by atoms with E-state index in [0.29, 0.717) is 5.56 Å². The maximum atomic E-state index is 12.3. The number of hydrogen-bond acceptors (Lipinski definition) is 5. The number of hydrogen-bond donors (Lipinski definition) is 3. The summed E-state index contributed by atoms with van der Waals surface area (Å²) in [5, 5.41) is 25.0. The SMILES string of the molecule is O=C(NCO)C(Cl)(Nc1ccccc1[N+](=O)[O-])c1ccccc1. The van der Waals surface area contributed by atoms with Crippen molar-refractivity contribution in [3.05, 3.63) is 70.3 Å². The lowest BCUT2D eigenvalue weighted by atomic mass is 10.0. The Bertz CT molecular complexity index is 711. The number of nitrogens with zero attached hydrogens (tertiary/aromatic N) is 1. The molecule has 0 spiro atoms. The molecule has 0 heterocycles. The first-order valence-electron chi connectivity index (χ1n) is 6.64. The summed E-state index contributed by atoms with van der Waals surface area (Å²) < 4.78 is 0. The van der Waals surface area contributed by atoms with Crippen LogP contribution in [0.15, 0.2) is 54.6 Å². The van der Waals surface area contributed by atoms with Crippen LogP contribution >= 0.6 is 11.6 Å².